The number of non-ortho nitro benzene ring substituents is 1. The van der Waals surface area contributed by atoms with E-state index in [1.54, 1.807) is 43.3 Å². The van der Waals surface area contributed by atoms with Crippen LogP contribution < -0.4 is 5.32 Å². The highest BCUT2D eigenvalue weighted by atomic mass is 16.6. The maximum atomic E-state index is 12.4. The van der Waals surface area contributed by atoms with Crippen LogP contribution in [0.3, 0.4) is 0 Å². The van der Waals surface area contributed by atoms with Crippen molar-refractivity contribution in [1.82, 2.24) is 0 Å². The highest BCUT2D eigenvalue weighted by Gasteiger charge is 2.13. The molecule has 0 atom stereocenters. The third kappa shape index (κ3) is 5.25. The van der Waals surface area contributed by atoms with E-state index in [0.29, 0.717) is 22.6 Å². The van der Waals surface area contributed by atoms with Crippen molar-refractivity contribution in [2.75, 3.05) is 11.9 Å². The van der Waals surface area contributed by atoms with Gasteiger partial charge < -0.3 is 14.5 Å². The fourth-order valence-corrected chi connectivity index (χ4v) is 2.73. The topological polar surface area (TPSA) is 135 Å². The first-order valence-electron chi connectivity index (χ1n) is 9.46. The Hall–Kier alpha value is -4.71. The van der Waals surface area contributed by atoms with Gasteiger partial charge in [0, 0.05) is 29.5 Å². The third-order valence-electron chi connectivity index (χ3n) is 4.29. The number of benzene rings is 2. The molecule has 160 valence electrons. The number of rotatable bonds is 7. The number of amides is 1. The van der Waals surface area contributed by atoms with E-state index in [-0.39, 0.29) is 23.6 Å². The summed E-state index contributed by atoms with van der Waals surface area (Å²) < 4.78 is 10.6. The number of hydrogen-bond donors (Lipinski definition) is 1. The van der Waals surface area contributed by atoms with Gasteiger partial charge in [0.05, 0.1) is 17.1 Å². The molecule has 0 aliphatic rings. The zero-order valence-corrected chi connectivity index (χ0v) is 16.9. The highest BCUT2D eigenvalue weighted by molar-refractivity contribution is 6.09. The lowest BCUT2D eigenvalue weighted by Gasteiger charge is -2.03. The zero-order chi connectivity index (χ0) is 23.1. The summed E-state index contributed by atoms with van der Waals surface area (Å²) in [4.78, 5) is 34.3. The van der Waals surface area contributed by atoms with Crippen LogP contribution in [0.4, 0.5) is 11.4 Å². The molecule has 0 fully saturated rings. The second kappa shape index (κ2) is 9.86. The Morgan fingerprint density at radius 3 is 2.41 bits per heavy atom. The lowest BCUT2D eigenvalue weighted by molar-refractivity contribution is -0.384. The molecule has 9 nitrogen and oxygen atoms in total. The fraction of sp³-hybridized carbons (Fsp3) is 0.0870. The highest BCUT2D eigenvalue weighted by Crippen LogP contribution is 2.24. The van der Waals surface area contributed by atoms with Gasteiger partial charge in [-0.1, -0.05) is 12.1 Å². The molecule has 1 heterocycles. The molecule has 3 aromatic rings. The molecule has 0 aliphatic carbocycles. The molecule has 2 aromatic carbocycles. The second-order valence-corrected chi connectivity index (χ2v) is 6.43. The molecule has 1 aromatic heterocycles. The molecule has 0 spiro atoms. The number of nitrogens with zero attached hydrogens (tertiary/aromatic N) is 2. The van der Waals surface area contributed by atoms with Crippen LogP contribution in [0.1, 0.15) is 23.0 Å². The first-order valence-corrected chi connectivity index (χ1v) is 9.46. The van der Waals surface area contributed by atoms with Crippen LogP contribution in [0, 0.1) is 21.4 Å². The molecule has 3 rings (SSSR count). The predicted molar refractivity (Wildman–Crippen MR) is 115 cm³/mol. The number of ether oxygens (including phenoxy) is 1. The Balaban J connectivity index is 1.73. The van der Waals surface area contributed by atoms with Gasteiger partial charge in [0.15, 0.2) is 0 Å². The number of nitro benzene ring substituents is 1. The molecule has 1 N–H and O–H groups in total. The maximum Gasteiger partial charge on any atom is 0.338 e. The van der Waals surface area contributed by atoms with Gasteiger partial charge in [0.1, 0.15) is 23.2 Å². The summed E-state index contributed by atoms with van der Waals surface area (Å²) in [5.41, 5.74) is 1.10. The number of hydrogen-bond acceptors (Lipinski definition) is 7. The quantitative estimate of drug-likeness (QED) is 0.190. The van der Waals surface area contributed by atoms with Crippen molar-refractivity contribution in [2.45, 2.75) is 6.92 Å². The van der Waals surface area contributed by atoms with Gasteiger partial charge in [-0.3, -0.25) is 14.9 Å². The average Bonchev–Trinajstić information content (AvgIpc) is 3.26. The predicted octanol–water partition coefficient (Wildman–Crippen LogP) is 4.58. The van der Waals surface area contributed by atoms with Crippen LogP contribution in [-0.4, -0.2) is 23.4 Å². The number of carbonyl (C=O) groups is 2. The van der Waals surface area contributed by atoms with E-state index in [2.05, 4.69) is 5.32 Å². The summed E-state index contributed by atoms with van der Waals surface area (Å²) in [6.07, 6.45) is 1.29. The van der Waals surface area contributed by atoms with E-state index in [1.165, 1.54) is 30.3 Å². The Bertz CT molecular complexity index is 1220. The molecular formula is C23H17N3O6. The number of carbonyl (C=O) groups excluding carboxylic acids is 2. The van der Waals surface area contributed by atoms with Gasteiger partial charge in [-0.05, 0) is 43.3 Å². The van der Waals surface area contributed by atoms with Crippen molar-refractivity contribution in [2.24, 2.45) is 0 Å². The van der Waals surface area contributed by atoms with Crippen LogP contribution in [0.15, 0.2) is 70.7 Å². The second-order valence-electron chi connectivity index (χ2n) is 6.43. The van der Waals surface area contributed by atoms with Crippen LogP contribution in [0.5, 0.6) is 0 Å². The number of anilines is 1. The number of nitriles is 1. The normalized spacial score (nSPS) is 10.8. The minimum Gasteiger partial charge on any atom is -0.462 e. The first kappa shape index (κ1) is 22.0. The van der Waals surface area contributed by atoms with Crippen molar-refractivity contribution in [3.8, 4) is 17.4 Å². The molecule has 0 unspecified atom stereocenters. The largest absolute Gasteiger partial charge is 0.462 e. The van der Waals surface area contributed by atoms with Gasteiger partial charge in [-0.25, -0.2) is 4.79 Å². The summed E-state index contributed by atoms with van der Waals surface area (Å²) in [5, 5.41) is 22.6. The number of nitrogens with one attached hydrogen (secondary N) is 1. The molecule has 9 heteroatoms. The molecule has 0 radical (unpaired) electrons. The minimum absolute atomic E-state index is 0.113. The van der Waals surface area contributed by atoms with E-state index < -0.39 is 16.8 Å². The fourth-order valence-electron chi connectivity index (χ4n) is 2.73. The van der Waals surface area contributed by atoms with Gasteiger partial charge >= 0.3 is 5.97 Å². The third-order valence-corrected chi connectivity index (χ3v) is 4.29. The Labute approximate surface area is 182 Å². The number of furan rings is 1. The van der Waals surface area contributed by atoms with Crippen molar-refractivity contribution >= 4 is 29.3 Å². The molecule has 0 saturated heterocycles. The smallest absolute Gasteiger partial charge is 0.338 e. The molecule has 0 bridgehead atoms. The number of nitro groups is 1. The van der Waals surface area contributed by atoms with Crippen LogP contribution >= 0.6 is 0 Å². The first-order chi connectivity index (χ1) is 15.4. The van der Waals surface area contributed by atoms with E-state index in [4.69, 9.17) is 9.15 Å². The van der Waals surface area contributed by atoms with Crippen LogP contribution in [0.2, 0.25) is 0 Å². The molecule has 32 heavy (non-hydrogen) atoms. The van der Waals surface area contributed by atoms with Crippen molar-refractivity contribution in [3.63, 3.8) is 0 Å². The summed E-state index contributed by atoms with van der Waals surface area (Å²) >= 11 is 0. The van der Waals surface area contributed by atoms with Gasteiger partial charge in [-0.15, -0.1) is 0 Å². The zero-order valence-electron chi connectivity index (χ0n) is 16.9. The van der Waals surface area contributed by atoms with E-state index in [0.717, 1.165) is 0 Å². The monoisotopic (exact) mass is 431 g/mol. The Morgan fingerprint density at radius 2 is 1.81 bits per heavy atom. The lowest BCUT2D eigenvalue weighted by Crippen LogP contribution is -2.13. The summed E-state index contributed by atoms with van der Waals surface area (Å²) in [6, 6.07) is 17.0. The van der Waals surface area contributed by atoms with Gasteiger partial charge in [-0.2, -0.15) is 5.26 Å². The van der Waals surface area contributed by atoms with E-state index in [9.17, 15) is 25.0 Å². The molecule has 0 saturated carbocycles. The SMILES string of the molecule is CCOC(=O)c1ccc(-c2ccc(C=C(C#N)C(=O)Nc3ccc([N+](=O)[O-])cc3)o2)cc1. The standard InChI is InChI=1S/C23H17N3O6/c1-2-31-23(28)16-5-3-15(4-6-16)21-12-11-20(32-21)13-17(14-24)22(27)25-18-7-9-19(10-8-18)26(29)30/h3-13H,2H2,1H3,(H,25,27). The Kier molecular flexibility index (Phi) is 6.78. The lowest BCUT2D eigenvalue weighted by atomic mass is 10.1. The number of esters is 1. The van der Waals surface area contributed by atoms with E-state index >= 15 is 0 Å². The minimum atomic E-state index is -0.682. The van der Waals surface area contributed by atoms with Gasteiger partial charge in [0.25, 0.3) is 11.6 Å². The van der Waals surface area contributed by atoms with Crippen molar-refractivity contribution in [1.29, 1.82) is 5.26 Å². The van der Waals surface area contributed by atoms with Crippen LogP contribution in [0.25, 0.3) is 17.4 Å². The van der Waals surface area contributed by atoms with Crippen LogP contribution in [-0.2, 0) is 9.53 Å². The maximum absolute atomic E-state index is 12.4. The molecule has 1 amide bonds. The molecular weight excluding hydrogens is 414 g/mol. The summed E-state index contributed by atoms with van der Waals surface area (Å²) in [6.45, 7) is 2.01. The van der Waals surface area contributed by atoms with E-state index in [1.807, 2.05) is 6.07 Å². The Morgan fingerprint density at radius 1 is 1.12 bits per heavy atom. The molecule has 0 aliphatic heterocycles. The summed E-state index contributed by atoms with van der Waals surface area (Å²) in [5.74, 6) is -0.331. The average molecular weight is 431 g/mol. The van der Waals surface area contributed by atoms with Crippen molar-refractivity contribution in [3.05, 3.63) is 87.7 Å². The summed E-state index contributed by atoms with van der Waals surface area (Å²) in [7, 11) is 0. The van der Waals surface area contributed by atoms with Crippen molar-refractivity contribution < 1.29 is 23.7 Å². The van der Waals surface area contributed by atoms with Gasteiger partial charge in [0.2, 0.25) is 0 Å².